The maximum atomic E-state index is 15.1. The molecule has 0 aliphatic carbocycles. The lowest BCUT2D eigenvalue weighted by Crippen LogP contribution is -2.19. The van der Waals surface area contributed by atoms with Crippen molar-refractivity contribution in [3.8, 4) is 11.1 Å². The van der Waals surface area contributed by atoms with E-state index in [1.165, 1.54) is 18.5 Å². The van der Waals surface area contributed by atoms with E-state index in [0.717, 1.165) is 6.42 Å². The molecular weight excluding hydrogens is 359 g/mol. The lowest BCUT2D eigenvalue weighted by atomic mass is 9.96. The van der Waals surface area contributed by atoms with Crippen LogP contribution >= 0.6 is 0 Å². The van der Waals surface area contributed by atoms with Gasteiger partial charge in [-0.25, -0.2) is 14.4 Å². The number of rotatable bonds is 3. The van der Waals surface area contributed by atoms with E-state index >= 15 is 4.39 Å². The number of hydrogen-bond acceptors (Lipinski definition) is 6. The van der Waals surface area contributed by atoms with Gasteiger partial charge in [0.15, 0.2) is 5.82 Å². The van der Waals surface area contributed by atoms with Crippen molar-refractivity contribution in [2.45, 2.75) is 66.1 Å². The maximum Gasteiger partial charge on any atom is 0.159 e. The molecule has 1 aliphatic heterocycles. The first-order chi connectivity index (χ1) is 13.3. The second kappa shape index (κ2) is 10.3. The molecule has 2 aromatic rings. The molecule has 1 atom stereocenters. The van der Waals surface area contributed by atoms with Crippen LogP contribution in [0.5, 0.6) is 0 Å². The number of ether oxygens (including phenoxy) is 1. The molecule has 1 aliphatic rings. The van der Waals surface area contributed by atoms with Crippen LogP contribution < -0.4 is 11.5 Å². The Kier molecular flexibility index (Phi) is 8.78. The molecule has 1 saturated heterocycles. The molecule has 5 N–H and O–H groups in total. The highest BCUT2D eigenvalue weighted by molar-refractivity contribution is 5.78. The van der Waals surface area contributed by atoms with Crippen molar-refractivity contribution in [3.63, 3.8) is 0 Å². The summed E-state index contributed by atoms with van der Waals surface area (Å²) >= 11 is 0. The Morgan fingerprint density at radius 3 is 2.18 bits per heavy atom. The number of aromatic nitrogens is 2. The van der Waals surface area contributed by atoms with Gasteiger partial charge in [-0.2, -0.15) is 0 Å². The fourth-order valence-corrected chi connectivity index (χ4v) is 2.83. The first-order valence-corrected chi connectivity index (χ1v) is 9.83. The molecule has 1 unspecified atom stereocenters. The topological polar surface area (TPSA) is 107 Å². The molecule has 7 heteroatoms. The molecule has 0 saturated carbocycles. The zero-order valence-electron chi connectivity index (χ0n) is 17.7. The molecule has 0 radical (unpaired) electrons. The fourth-order valence-electron chi connectivity index (χ4n) is 2.83. The summed E-state index contributed by atoms with van der Waals surface area (Å²) in [5.41, 5.74) is 12.3. The van der Waals surface area contributed by atoms with Crippen LogP contribution in [0.25, 0.3) is 11.1 Å². The van der Waals surface area contributed by atoms with Crippen molar-refractivity contribution < 1.29 is 14.2 Å². The van der Waals surface area contributed by atoms with Gasteiger partial charge < -0.3 is 21.3 Å². The molecule has 0 bridgehead atoms. The minimum Gasteiger partial charge on any atom is -0.397 e. The third-order valence-corrected chi connectivity index (χ3v) is 4.14. The number of hydrogen-bond donors (Lipinski definition) is 3. The Morgan fingerprint density at radius 1 is 1.14 bits per heavy atom. The predicted molar refractivity (Wildman–Crippen MR) is 112 cm³/mol. The van der Waals surface area contributed by atoms with E-state index in [0.29, 0.717) is 29.8 Å². The largest absolute Gasteiger partial charge is 0.397 e. The SMILES string of the molecule is CC.CC.CC(C)(O)c1ncc(-c2cc(N)c(N)c(C3CCCO3)c2F)cn1. The van der Waals surface area contributed by atoms with E-state index in [1.54, 1.807) is 13.8 Å². The summed E-state index contributed by atoms with van der Waals surface area (Å²) in [5.74, 6) is -0.206. The molecule has 1 aromatic heterocycles. The standard InChI is InChI=1S/C17H21FN4O2.2C2H6/c1-17(2,23)16-21-7-9(8-22-16)10-6-11(19)15(20)13(14(10)18)12-4-3-5-24-12;2*1-2/h6-8,12,23H,3-5,19-20H2,1-2H3;2*1-2H3. The molecule has 3 rings (SSSR count). The monoisotopic (exact) mass is 392 g/mol. The minimum absolute atomic E-state index is 0.220. The van der Waals surface area contributed by atoms with Crippen LogP contribution in [0.1, 0.15) is 71.9 Å². The van der Waals surface area contributed by atoms with E-state index < -0.39 is 11.4 Å². The summed E-state index contributed by atoms with van der Waals surface area (Å²) in [7, 11) is 0. The van der Waals surface area contributed by atoms with E-state index in [-0.39, 0.29) is 23.2 Å². The normalized spacial score (nSPS) is 15.9. The molecule has 28 heavy (non-hydrogen) atoms. The summed E-state index contributed by atoms with van der Waals surface area (Å²) in [6, 6.07) is 1.48. The highest BCUT2D eigenvalue weighted by Gasteiger charge is 2.27. The molecule has 156 valence electrons. The number of benzene rings is 1. The summed E-state index contributed by atoms with van der Waals surface area (Å²) in [5, 5.41) is 9.92. The van der Waals surface area contributed by atoms with Crippen LogP contribution in [0, 0.1) is 5.82 Å². The molecule has 2 heterocycles. The van der Waals surface area contributed by atoms with Crippen molar-refractivity contribution in [2.75, 3.05) is 18.1 Å². The van der Waals surface area contributed by atoms with Crippen LogP contribution in [0.4, 0.5) is 15.8 Å². The Bertz CT molecular complexity index is 752. The van der Waals surface area contributed by atoms with Crippen LogP contribution in [0.3, 0.4) is 0 Å². The summed E-state index contributed by atoms with van der Waals surface area (Å²) in [4.78, 5) is 8.23. The first-order valence-electron chi connectivity index (χ1n) is 9.83. The van der Waals surface area contributed by atoms with Gasteiger partial charge >= 0.3 is 0 Å². The van der Waals surface area contributed by atoms with Gasteiger partial charge in [-0.1, -0.05) is 27.7 Å². The predicted octanol–water partition coefficient (Wildman–Crippen LogP) is 4.58. The number of nitrogen functional groups attached to an aromatic ring is 2. The van der Waals surface area contributed by atoms with Crippen molar-refractivity contribution in [3.05, 3.63) is 35.7 Å². The van der Waals surface area contributed by atoms with Gasteiger partial charge in [0.1, 0.15) is 11.4 Å². The third-order valence-electron chi connectivity index (χ3n) is 4.14. The Labute approximate surface area is 167 Å². The fraction of sp³-hybridized carbons (Fsp3) is 0.524. The third kappa shape index (κ3) is 5.17. The Balaban J connectivity index is 0.000000921. The second-order valence-corrected chi connectivity index (χ2v) is 6.51. The van der Waals surface area contributed by atoms with E-state index in [1.807, 2.05) is 27.7 Å². The summed E-state index contributed by atoms with van der Waals surface area (Å²) < 4.78 is 20.6. The Morgan fingerprint density at radius 2 is 1.71 bits per heavy atom. The zero-order chi connectivity index (χ0) is 21.5. The average molecular weight is 393 g/mol. The number of anilines is 2. The lowest BCUT2D eigenvalue weighted by molar-refractivity contribution is 0.0687. The number of halogens is 1. The van der Waals surface area contributed by atoms with Gasteiger partial charge in [-0.15, -0.1) is 0 Å². The molecular formula is C21H33FN4O2. The smallest absolute Gasteiger partial charge is 0.159 e. The van der Waals surface area contributed by atoms with Gasteiger partial charge in [0.05, 0.1) is 17.5 Å². The molecule has 6 nitrogen and oxygen atoms in total. The number of nitrogens with two attached hydrogens (primary N) is 2. The summed E-state index contributed by atoms with van der Waals surface area (Å²) in [6.07, 6.45) is 4.11. The summed E-state index contributed by atoms with van der Waals surface area (Å²) in [6.45, 7) is 11.7. The second-order valence-electron chi connectivity index (χ2n) is 6.51. The van der Waals surface area contributed by atoms with Gasteiger partial charge in [0.2, 0.25) is 0 Å². The van der Waals surface area contributed by atoms with Gasteiger partial charge in [0.25, 0.3) is 0 Å². The zero-order valence-corrected chi connectivity index (χ0v) is 17.7. The van der Waals surface area contributed by atoms with Crippen LogP contribution in [-0.2, 0) is 10.3 Å². The highest BCUT2D eigenvalue weighted by Crippen LogP contribution is 2.40. The van der Waals surface area contributed by atoms with Gasteiger partial charge in [-0.05, 0) is 32.8 Å². The van der Waals surface area contributed by atoms with Crippen LogP contribution in [0.2, 0.25) is 0 Å². The lowest BCUT2D eigenvalue weighted by Gasteiger charge is -2.19. The quantitative estimate of drug-likeness (QED) is 0.660. The van der Waals surface area contributed by atoms with Crippen LogP contribution in [0.15, 0.2) is 18.5 Å². The highest BCUT2D eigenvalue weighted by atomic mass is 19.1. The van der Waals surface area contributed by atoms with Crippen molar-refractivity contribution in [1.29, 1.82) is 0 Å². The number of nitrogens with zero attached hydrogens (tertiary/aromatic N) is 2. The van der Waals surface area contributed by atoms with Crippen molar-refractivity contribution in [1.82, 2.24) is 9.97 Å². The van der Waals surface area contributed by atoms with Crippen molar-refractivity contribution >= 4 is 11.4 Å². The van der Waals surface area contributed by atoms with E-state index in [9.17, 15) is 5.11 Å². The molecule has 0 amide bonds. The van der Waals surface area contributed by atoms with Gasteiger partial charge in [0, 0.05) is 35.7 Å². The van der Waals surface area contributed by atoms with E-state index in [2.05, 4.69) is 9.97 Å². The van der Waals surface area contributed by atoms with Crippen molar-refractivity contribution in [2.24, 2.45) is 0 Å². The van der Waals surface area contributed by atoms with E-state index in [4.69, 9.17) is 16.2 Å². The Hall–Kier alpha value is -2.25. The van der Waals surface area contributed by atoms with Gasteiger partial charge in [-0.3, -0.25) is 0 Å². The number of aliphatic hydroxyl groups is 1. The average Bonchev–Trinajstić information content (AvgIpc) is 3.22. The maximum absolute atomic E-state index is 15.1. The molecule has 1 aromatic carbocycles. The van der Waals surface area contributed by atoms with Crippen LogP contribution in [-0.4, -0.2) is 21.7 Å². The minimum atomic E-state index is -1.17. The first kappa shape index (κ1) is 23.8. The molecule has 0 spiro atoms. The molecule has 1 fully saturated rings.